The van der Waals surface area contributed by atoms with Crippen molar-refractivity contribution in [2.24, 2.45) is 5.84 Å². The molecule has 0 aliphatic heterocycles. The number of hydrogen-bond donors (Lipinski definition) is 1. The molecule has 0 spiro atoms. The molecule has 0 saturated carbocycles. The van der Waals surface area contributed by atoms with Crippen LogP contribution in [0.25, 0.3) is 0 Å². The van der Waals surface area contributed by atoms with Gasteiger partial charge >= 0.3 is 6.41 Å². The Morgan fingerprint density at radius 2 is 2.00 bits per heavy atom. The Morgan fingerprint density at radius 3 is 2.50 bits per heavy atom. The minimum atomic E-state index is 0.348. The van der Waals surface area contributed by atoms with Gasteiger partial charge in [0.05, 0.1) is 6.54 Å². The number of nitrogens with two attached hydrogens (primary N) is 1. The van der Waals surface area contributed by atoms with Crippen molar-refractivity contribution in [3.63, 3.8) is 0 Å². The molecule has 0 bridgehead atoms. The first-order valence-corrected chi connectivity index (χ1v) is 3.74. The second kappa shape index (κ2) is 4.09. The van der Waals surface area contributed by atoms with Gasteiger partial charge in [0.25, 0.3) is 0 Å². The third-order valence-electron chi connectivity index (χ3n) is 1.38. The van der Waals surface area contributed by atoms with Crippen molar-refractivity contribution in [2.75, 3.05) is 0 Å². The second-order valence-corrected chi connectivity index (χ2v) is 2.78. The molecule has 1 aromatic carbocycles. The van der Waals surface area contributed by atoms with Crippen molar-refractivity contribution < 1.29 is 4.79 Å². The summed E-state index contributed by atoms with van der Waals surface area (Å²) in [4.78, 5) is 10.0. The Kier molecular flexibility index (Phi) is 3.08. The largest absolute Gasteiger partial charge is 0.327 e. The fourth-order valence-corrected chi connectivity index (χ4v) is 0.945. The van der Waals surface area contributed by atoms with E-state index in [4.69, 9.17) is 17.4 Å². The maximum atomic E-state index is 10.0. The van der Waals surface area contributed by atoms with Crippen molar-refractivity contribution in [2.45, 2.75) is 6.54 Å². The Hall–Kier alpha value is -1.06. The zero-order valence-corrected chi connectivity index (χ0v) is 7.08. The second-order valence-electron chi connectivity index (χ2n) is 2.35. The van der Waals surface area contributed by atoms with E-state index in [1.165, 1.54) is 0 Å². The quantitative estimate of drug-likeness (QED) is 0.330. The molecule has 2 N–H and O–H groups in total. The van der Waals surface area contributed by atoms with Crippen LogP contribution in [-0.2, 0) is 11.3 Å². The molecular formula is C8H8ClN2O. The summed E-state index contributed by atoms with van der Waals surface area (Å²) >= 11 is 5.66. The molecule has 0 unspecified atom stereocenters. The summed E-state index contributed by atoms with van der Waals surface area (Å²) in [5.41, 5.74) is 0.922. The third-order valence-corrected chi connectivity index (χ3v) is 1.64. The summed E-state index contributed by atoms with van der Waals surface area (Å²) < 4.78 is 0. The van der Waals surface area contributed by atoms with Crippen LogP contribution in [0.15, 0.2) is 24.3 Å². The molecular weight excluding hydrogens is 176 g/mol. The lowest BCUT2D eigenvalue weighted by atomic mass is 10.2. The van der Waals surface area contributed by atoms with E-state index in [0.29, 0.717) is 11.6 Å². The Bertz CT molecular complexity index is 260. The fourth-order valence-electron chi connectivity index (χ4n) is 0.819. The fraction of sp³-hybridized carbons (Fsp3) is 0.125. The number of hydrazine groups is 1. The molecule has 4 heteroatoms. The van der Waals surface area contributed by atoms with Gasteiger partial charge in [-0.15, -0.1) is 0 Å². The average molecular weight is 184 g/mol. The Balaban J connectivity index is 2.64. The van der Waals surface area contributed by atoms with Crippen LogP contribution in [-0.4, -0.2) is 11.4 Å². The van der Waals surface area contributed by atoms with Crippen LogP contribution in [0.4, 0.5) is 0 Å². The van der Waals surface area contributed by atoms with Crippen molar-refractivity contribution in [3.8, 4) is 0 Å². The minimum Gasteiger partial charge on any atom is -0.268 e. The molecule has 0 aliphatic carbocycles. The molecule has 3 nitrogen and oxygen atoms in total. The minimum absolute atomic E-state index is 0.348. The van der Waals surface area contributed by atoms with Gasteiger partial charge in [0, 0.05) is 5.02 Å². The molecule has 1 aromatic rings. The predicted molar refractivity (Wildman–Crippen MR) is 46.9 cm³/mol. The Morgan fingerprint density at radius 1 is 1.42 bits per heavy atom. The first-order valence-electron chi connectivity index (χ1n) is 3.37. The maximum Gasteiger partial charge on any atom is 0.327 e. The zero-order chi connectivity index (χ0) is 8.97. The van der Waals surface area contributed by atoms with Gasteiger partial charge in [-0.3, -0.25) is 9.80 Å². The molecule has 12 heavy (non-hydrogen) atoms. The van der Waals surface area contributed by atoms with Crippen LogP contribution in [0.1, 0.15) is 5.56 Å². The number of hydrogen-bond acceptors (Lipinski definition) is 2. The standard InChI is InChI=1S/C8H8ClN2O/c9-8-3-1-7(2-4-8)5-11(10)6-12/h1-4H,5,10H2. The highest BCUT2D eigenvalue weighted by Crippen LogP contribution is 2.09. The average Bonchev–Trinajstić information content (AvgIpc) is 2.09. The summed E-state index contributed by atoms with van der Waals surface area (Å²) in [6.07, 6.45) is 1.56. The van der Waals surface area contributed by atoms with Gasteiger partial charge in [-0.1, -0.05) is 23.7 Å². The molecule has 1 rings (SSSR count). The molecule has 0 aliphatic rings. The van der Waals surface area contributed by atoms with Gasteiger partial charge in [0.2, 0.25) is 0 Å². The summed E-state index contributed by atoms with van der Waals surface area (Å²) in [6.45, 7) is 0.348. The van der Waals surface area contributed by atoms with E-state index in [9.17, 15) is 4.79 Å². The SMILES string of the molecule is NN([C]=O)Cc1ccc(Cl)cc1. The maximum absolute atomic E-state index is 10.0. The van der Waals surface area contributed by atoms with Crippen molar-refractivity contribution >= 4 is 18.0 Å². The van der Waals surface area contributed by atoms with Crippen molar-refractivity contribution in [3.05, 3.63) is 34.9 Å². The lowest BCUT2D eigenvalue weighted by Crippen LogP contribution is -2.28. The van der Waals surface area contributed by atoms with Crippen LogP contribution < -0.4 is 5.84 Å². The number of amides is 1. The van der Waals surface area contributed by atoms with E-state index in [2.05, 4.69) is 0 Å². The number of benzene rings is 1. The summed E-state index contributed by atoms with van der Waals surface area (Å²) in [7, 11) is 0. The number of carbonyl (C=O) groups excluding carboxylic acids is 1. The molecule has 0 aromatic heterocycles. The summed E-state index contributed by atoms with van der Waals surface area (Å²) in [6, 6.07) is 7.10. The lowest BCUT2D eigenvalue weighted by Gasteiger charge is -2.07. The molecule has 0 fully saturated rings. The highest BCUT2D eigenvalue weighted by atomic mass is 35.5. The summed E-state index contributed by atoms with van der Waals surface area (Å²) in [5, 5.41) is 1.61. The molecule has 1 amide bonds. The van der Waals surface area contributed by atoms with Gasteiger partial charge in [-0.2, -0.15) is 0 Å². The topological polar surface area (TPSA) is 46.3 Å². The molecule has 1 radical (unpaired) electrons. The first kappa shape index (κ1) is 9.03. The van der Waals surface area contributed by atoms with E-state index in [1.54, 1.807) is 30.7 Å². The molecule has 0 saturated heterocycles. The van der Waals surface area contributed by atoms with Crippen LogP contribution in [0, 0.1) is 0 Å². The van der Waals surface area contributed by atoms with Gasteiger partial charge in [0.1, 0.15) is 0 Å². The zero-order valence-electron chi connectivity index (χ0n) is 6.33. The highest BCUT2D eigenvalue weighted by Gasteiger charge is 1.97. The van der Waals surface area contributed by atoms with Crippen molar-refractivity contribution in [1.29, 1.82) is 0 Å². The molecule has 0 heterocycles. The smallest absolute Gasteiger partial charge is 0.268 e. The monoisotopic (exact) mass is 183 g/mol. The van der Waals surface area contributed by atoms with E-state index in [0.717, 1.165) is 10.6 Å². The lowest BCUT2D eigenvalue weighted by molar-refractivity contribution is 0.387. The van der Waals surface area contributed by atoms with E-state index >= 15 is 0 Å². The van der Waals surface area contributed by atoms with E-state index in [1.807, 2.05) is 0 Å². The van der Waals surface area contributed by atoms with Crippen LogP contribution in [0.2, 0.25) is 5.02 Å². The van der Waals surface area contributed by atoms with Gasteiger partial charge < -0.3 is 0 Å². The third kappa shape index (κ3) is 2.53. The highest BCUT2D eigenvalue weighted by molar-refractivity contribution is 6.30. The van der Waals surface area contributed by atoms with E-state index in [-0.39, 0.29) is 0 Å². The van der Waals surface area contributed by atoms with Crippen molar-refractivity contribution in [1.82, 2.24) is 5.01 Å². The first-order chi connectivity index (χ1) is 5.72. The number of rotatable bonds is 3. The number of halogens is 1. The number of nitrogens with zero attached hydrogens (tertiary/aromatic N) is 1. The van der Waals surface area contributed by atoms with Crippen LogP contribution in [0.3, 0.4) is 0 Å². The van der Waals surface area contributed by atoms with Gasteiger partial charge in [0.15, 0.2) is 0 Å². The van der Waals surface area contributed by atoms with Gasteiger partial charge in [-0.25, -0.2) is 5.84 Å². The normalized spacial score (nSPS) is 9.50. The Labute approximate surface area is 75.7 Å². The predicted octanol–water partition coefficient (Wildman–Crippen LogP) is 1.08. The van der Waals surface area contributed by atoms with Crippen LogP contribution >= 0.6 is 11.6 Å². The van der Waals surface area contributed by atoms with E-state index < -0.39 is 0 Å². The summed E-state index contributed by atoms with van der Waals surface area (Å²) in [5.74, 6) is 5.22. The molecule has 63 valence electrons. The van der Waals surface area contributed by atoms with Gasteiger partial charge in [-0.05, 0) is 17.7 Å². The molecule has 0 atom stereocenters. The van der Waals surface area contributed by atoms with Crippen LogP contribution in [0.5, 0.6) is 0 Å².